The molecule has 1 aliphatic carbocycles. The molecule has 5 heteroatoms. The Morgan fingerprint density at radius 1 is 1.20 bits per heavy atom. The lowest BCUT2D eigenvalue weighted by molar-refractivity contribution is -0.153. The van der Waals surface area contributed by atoms with Crippen molar-refractivity contribution in [3.8, 4) is 0 Å². The SMILES string of the molecule is CCC(CCO)NC(=O)CC1(C(=O)O)CCCCCC1. The highest BCUT2D eigenvalue weighted by Gasteiger charge is 2.40. The standard InChI is InChI=1S/C15H27NO4/c1-2-12(7-10-17)16-13(18)11-15(14(19)20)8-5-3-4-6-9-15/h12,17H,2-11H2,1H3,(H,16,18)(H,19,20). The van der Waals surface area contributed by atoms with E-state index >= 15 is 0 Å². The van der Waals surface area contributed by atoms with E-state index in [-0.39, 0.29) is 25.0 Å². The van der Waals surface area contributed by atoms with Crippen LogP contribution in [-0.2, 0) is 9.59 Å². The maximum absolute atomic E-state index is 12.1. The smallest absolute Gasteiger partial charge is 0.310 e. The molecule has 0 bridgehead atoms. The first-order chi connectivity index (χ1) is 9.54. The maximum Gasteiger partial charge on any atom is 0.310 e. The van der Waals surface area contributed by atoms with Crippen LogP contribution in [0.4, 0.5) is 0 Å². The van der Waals surface area contributed by atoms with E-state index in [0.29, 0.717) is 19.3 Å². The third kappa shape index (κ3) is 4.78. The van der Waals surface area contributed by atoms with Crippen molar-refractivity contribution < 1.29 is 19.8 Å². The lowest BCUT2D eigenvalue weighted by Crippen LogP contribution is -2.41. The van der Waals surface area contributed by atoms with Crippen LogP contribution in [0, 0.1) is 5.41 Å². The Labute approximate surface area is 120 Å². The van der Waals surface area contributed by atoms with Crippen molar-refractivity contribution in [1.82, 2.24) is 5.32 Å². The van der Waals surface area contributed by atoms with Gasteiger partial charge in [0.2, 0.25) is 5.91 Å². The fourth-order valence-electron chi connectivity index (χ4n) is 2.99. The molecule has 1 saturated carbocycles. The van der Waals surface area contributed by atoms with Crippen LogP contribution in [0.15, 0.2) is 0 Å². The minimum absolute atomic E-state index is 0.0306. The zero-order chi connectivity index (χ0) is 15.0. The second-order valence-corrected chi connectivity index (χ2v) is 5.86. The van der Waals surface area contributed by atoms with E-state index in [1.807, 2.05) is 6.92 Å². The van der Waals surface area contributed by atoms with Gasteiger partial charge >= 0.3 is 5.97 Å². The van der Waals surface area contributed by atoms with Crippen LogP contribution in [-0.4, -0.2) is 34.7 Å². The summed E-state index contributed by atoms with van der Waals surface area (Å²) in [7, 11) is 0. The highest BCUT2D eigenvalue weighted by molar-refractivity contribution is 5.85. The number of carboxylic acid groups (broad SMARTS) is 1. The molecule has 1 amide bonds. The number of carbonyl (C=O) groups is 2. The second-order valence-electron chi connectivity index (χ2n) is 5.86. The summed E-state index contributed by atoms with van der Waals surface area (Å²) in [5, 5.41) is 21.3. The average Bonchev–Trinajstić information content (AvgIpc) is 2.64. The topological polar surface area (TPSA) is 86.6 Å². The lowest BCUT2D eigenvalue weighted by atomic mass is 9.77. The molecule has 1 aliphatic rings. The molecule has 0 aliphatic heterocycles. The second kappa shape index (κ2) is 8.25. The van der Waals surface area contributed by atoms with E-state index in [1.165, 1.54) is 0 Å². The van der Waals surface area contributed by atoms with Crippen LogP contribution in [0.25, 0.3) is 0 Å². The van der Waals surface area contributed by atoms with Crippen molar-refractivity contribution in [2.45, 2.75) is 70.8 Å². The van der Waals surface area contributed by atoms with Crippen LogP contribution in [0.1, 0.15) is 64.7 Å². The van der Waals surface area contributed by atoms with Crippen LogP contribution < -0.4 is 5.32 Å². The molecule has 20 heavy (non-hydrogen) atoms. The lowest BCUT2D eigenvalue weighted by Gasteiger charge is -2.28. The summed E-state index contributed by atoms with van der Waals surface area (Å²) in [6.07, 6.45) is 6.37. The van der Waals surface area contributed by atoms with Crippen molar-refractivity contribution >= 4 is 11.9 Å². The molecule has 0 radical (unpaired) electrons. The predicted molar refractivity (Wildman–Crippen MR) is 76.3 cm³/mol. The van der Waals surface area contributed by atoms with Crippen molar-refractivity contribution in [2.75, 3.05) is 6.61 Å². The normalized spacial score (nSPS) is 19.9. The molecule has 0 heterocycles. The number of nitrogens with one attached hydrogen (secondary N) is 1. The molecule has 3 N–H and O–H groups in total. The average molecular weight is 285 g/mol. The molecule has 0 saturated heterocycles. The number of carbonyl (C=O) groups excluding carboxylic acids is 1. The van der Waals surface area contributed by atoms with E-state index in [1.54, 1.807) is 0 Å². The summed E-state index contributed by atoms with van der Waals surface area (Å²) < 4.78 is 0. The van der Waals surface area contributed by atoms with Gasteiger partial charge in [-0.1, -0.05) is 32.6 Å². The first-order valence-electron chi connectivity index (χ1n) is 7.67. The summed E-state index contributed by atoms with van der Waals surface area (Å²) in [5.74, 6) is -1.04. The molecule has 1 atom stereocenters. The van der Waals surface area contributed by atoms with E-state index in [9.17, 15) is 14.7 Å². The Kier molecular flexibility index (Phi) is 6.99. The van der Waals surface area contributed by atoms with Gasteiger partial charge in [0.25, 0.3) is 0 Å². The van der Waals surface area contributed by atoms with Gasteiger partial charge in [-0.05, 0) is 25.7 Å². The number of rotatable bonds is 7. The summed E-state index contributed by atoms with van der Waals surface area (Å²) in [6.45, 7) is 1.97. The number of aliphatic carboxylic acids is 1. The number of amides is 1. The van der Waals surface area contributed by atoms with Gasteiger partial charge in [0.05, 0.1) is 5.41 Å². The van der Waals surface area contributed by atoms with Gasteiger partial charge in [-0.15, -0.1) is 0 Å². The zero-order valence-electron chi connectivity index (χ0n) is 12.4. The zero-order valence-corrected chi connectivity index (χ0v) is 12.4. The molecule has 116 valence electrons. The molecule has 5 nitrogen and oxygen atoms in total. The Balaban J connectivity index is 2.65. The van der Waals surface area contributed by atoms with Crippen LogP contribution in [0.5, 0.6) is 0 Å². The maximum atomic E-state index is 12.1. The number of aliphatic hydroxyl groups excluding tert-OH is 1. The molecule has 0 aromatic heterocycles. The minimum Gasteiger partial charge on any atom is -0.481 e. The Bertz CT molecular complexity index is 322. The quantitative estimate of drug-likeness (QED) is 0.625. The van der Waals surface area contributed by atoms with E-state index in [4.69, 9.17) is 5.11 Å². The largest absolute Gasteiger partial charge is 0.481 e. The monoisotopic (exact) mass is 285 g/mol. The van der Waals surface area contributed by atoms with Gasteiger partial charge in [-0.3, -0.25) is 9.59 Å². The van der Waals surface area contributed by atoms with Crippen LogP contribution >= 0.6 is 0 Å². The first kappa shape index (κ1) is 17.0. The molecule has 1 rings (SSSR count). The fraction of sp³-hybridized carbons (Fsp3) is 0.867. The minimum atomic E-state index is -0.891. The molecule has 0 aromatic rings. The third-order valence-corrected chi connectivity index (χ3v) is 4.35. The van der Waals surface area contributed by atoms with E-state index < -0.39 is 11.4 Å². The van der Waals surface area contributed by atoms with Crippen molar-refractivity contribution in [3.63, 3.8) is 0 Å². The molecule has 1 unspecified atom stereocenters. The van der Waals surface area contributed by atoms with Gasteiger partial charge in [0.15, 0.2) is 0 Å². The number of carboxylic acids is 1. The van der Waals surface area contributed by atoms with Gasteiger partial charge in [0, 0.05) is 19.1 Å². The molecular weight excluding hydrogens is 258 g/mol. The van der Waals surface area contributed by atoms with Crippen LogP contribution in [0.2, 0.25) is 0 Å². The van der Waals surface area contributed by atoms with Gasteiger partial charge in [0.1, 0.15) is 0 Å². The highest BCUT2D eigenvalue weighted by atomic mass is 16.4. The first-order valence-corrected chi connectivity index (χ1v) is 7.67. The van der Waals surface area contributed by atoms with Crippen molar-refractivity contribution in [2.24, 2.45) is 5.41 Å². The van der Waals surface area contributed by atoms with E-state index in [2.05, 4.69) is 5.32 Å². The highest BCUT2D eigenvalue weighted by Crippen LogP contribution is 2.38. The Morgan fingerprint density at radius 3 is 2.25 bits per heavy atom. The van der Waals surface area contributed by atoms with Gasteiger partial charge < -0.3 is 15.5 Å². The fourth-order valence-corrected chi connectivity index (χ4v) is 2.99. The van der Waals surface area contributed by atoms with Crippen molar-refractivity contribution in [1.29, 1.82) is 0 Å². The number of hydrogen-bond donors (Lipinski definition) is 3. The number of hydrogen-bond acceptors (Lipinski definition) is 3. The summed E-state index contributed by atoms with van der Waals surface area (Å²) >= 11 is 0. The predicted octanol–water partition coefficient (Wildman–Crippen LogP) is 2.08. The van der Waals surface area contributed by atoms with Gasteiger partial charge in [-0.25, -0.2) is 0 Å². The van der Waals surface area contributed by atoms with Crippen molar-refractivity contribution in [3.05, 3.63) is 0 Å². The Morgan fingerprint density at radius 2 is 1.80 bits per heavy atom. The molecular formula is C15H27NO4. The summed E-state index contributed by atoms with van der Waals surface area (Å²) in [4.78, 5) is 23.7. The van der Waals surface area contributed by atoms with Crippen LogP contribution in [0.3, 0.4) is 0 Å². The third-order valence-electron chi connectivity index (χ3n) is 4.35. The molecule has 0 spiro atoms. The van der Waals surface area contributed by atoms with E-state index in [0.717, 1.165) is 32.1 Å². The number of aliphatic hydroxyl groups is 1. The Hall–Kier alpha value is -1.10. The summed E-state index contributed by atoms with van der Waals surface area (Å²) in [6, 6.07) is -0.0656. The molecule has 0 aromatic carbocycles. The van der Waals surface area contributed by atoms with Gasteiger partial charge in [-0.2, -0.15) is 0 Å². The summed E-state index contributed by atoms with van der Waals surface area (Å²) in [5.41, 5.74) is -0.891. The molecule has 1 fully saturated rings.